The molecule has 0 saturated carbocycles. The fourth-order valence-corrected chi connectivity index (χ4v) is 2.25. The molecular weight excluding hydrogens is 284 g/mol. The third-order valence-electron chi connectivity index (χ3n) is 2.83. The molecule has 0 aromatic heterocycles. The Hall–Kier alpha value is -2.40. The second-order valence-corrected chi connectivity index (χ2v) is 10.9. The van der Waals surface area contributed by atoms with Crippen molar-refractivity contribution in [1.82, 2.24) is 0 Å². The summed E-state index contributed by atoms with van der Waals surface area (Å²) >= 11 is 0. The molecule has 2 rings (SSSR count). The van der Waals surface area contributed by atoms with E-state index in [0.29, 0.717) is 0 Å². The van der Waals surface area contributed by atoms with E-state index in [1.54, 1.807) is 0 Å². The number of hydrogen-bond donors (Lipinski definition) is 0. The van der Waals surface area contributed by atoms with E-state index >= 15 is 0 Å². The predicted octanol–water partition coefficient (Wildman–Crippen LogP) is 5.36. The first-order valence-electron chi connectivity index (χ1n) is 7.29. The van der Waals surface area contributed by atoms with Gasteiger partial charge in [0.05, 0.1) is 16.9 Å². The van der Waals surface area contributed by atoms with Crippen LogP contribution in [0.1, 0.15) is 11.1 Å². The molecule has 110 valence electrons. The van der Waals surface area contributed by atoms with E-state index < -0.39 is 8.07 Å². The molecule has 0 aliphatic carbocycles. The molecule has 0 aliphatic rings. The van der Waals surface area contributed by atoms with Crippen LogP contribution >= 0.6 is 0 Å². The fourth-order valence-electron chi connectivity index (χ4n) is 1.74. The summed E-state index contributed by atoms with van der Waals surface area (Å²) in [4.78, 5) is 8.56. The Morgan fingerprint density at radius 1 is 0.909 bits per heavy atom. The Morgan fingerprint density at radius 2 is 1.64 bits per heavy atom. The minimum absolute atomic E-state index is 0.816. The van der Waals surface area contributed by atoms with Crippen molar-refractivity contribution >= 4 is 25.5 Å². The van der Waals surface area contributed by atoms with Crippen LogP contribution in [0.4, 0.5) is 11.4 Å². The maximum atomic E-state index is 4.34. The predicted molar refractivity (Wildman–Crippen MR) is 97.0 cm³/mol. The molecule has 2 nitrogen and oxygen atoms in total. The number of aliphatic imine (C=N–C) groups is 2. The van der Waals surface area contributed by atoms with E-state index in [-0.39, 0.29) is 0 Å². The summed E-state index contributed by atoms with van der Waals surface area (Å²) in [7, 11) is -1.41. The molecule has 0 amide bonds. The third kappa shape index (κ3) is 5.18. The van der Waals surface area contributed by atoms with Crippen molar-refractivity contribution in [1.29, 1.82) is 0 Å². The van der Waals surface area contributed by atoms with Crippen LogP contribution in [0.2, 0.25) is 19.6 Å². The molecular formula is C19H20N2Si. The maximum Gasteiger partial charge on any atom is 0.129 e. The number of nitrogens with zero attached hydrogens (tertiary/aromatic N) is 2. The average Bonchev–Trinajstić information content (AvgIpc) is 2.47. The zero-order chi connectivity index (χ0) is 16.0. The molecule has 0 spiro atoms. The molecule has 0 saturated heterocycles. The Balaban J connectivity index is 2.35. The number of para-hydroxylation sites is 1. The van der Waals surface area contributed by atoms with Gasteiger partial charge in [-0.1, -0.05) is 49.8 Å². The first-order chi connectivity index (χ1) is 10.4. The number of aryl methyl sites for hydroxylation is 1. The first kappa shape index (κ1) is 16.0. The lowest BCUT2D eigenvalue weighted by molar-refractivity contribution is 1.41. The highest BCUT2D eigenvalue weighted by molar-refractivity contribution is 6.83. The van der Waals surface area contributed by atoms with Crippen LogP contribution < -0.4 is 0 Å². The largest absolute Gasteiger partial charge is 0.188 e. The molecule has 2 aromatic rings. The number of rotatable bonds is 2. The smallest absolute Gasteiger partial charge is 0.129 e. The van der Waals surface area contributed by atoms with Crippen molar-refractivity contribution in [2.75, 3.05) is 0 Å². The van der Waals surface area contributed by atoms with Gasteiger partial charge in [-0.2, -0.15) is 9.98 Å². The van der Waals surface area contributed by atoms with E-state index in [1.165, 1.54) is 5.56 Å². The zero-order valence-corrected chi connectivity index (χ0v) is 14.5. The van der Waals surface area contributed by atoms with Gasteiger partial charge in [0.25, 0.3) is 0 Å². The second kappa shape index (κ2) is 7.04. The van der Waals surface area contributed by atoms with Crippen molar-refractivity contribution in [3.63, 3.8) is 0 Å². The molecule has 0 N–H and O–H groups in total. The zero-order valence-electron chi connectivity index (χ0n) is 13.5. The van der Waals surface area contributed by atoms with Crippen molar-refractivity contribution in [2.45, 2.75) is 26.6 Å². The quantitative estimate of drug-likeness (QED) is 0.405. The van der Waals surface area contributed by atoms with Gasteiger partial charge < -0.3 is 0 Å². The summed E-state index contributed by atoms with van der Waals surface area (Å²) in [5.41, 5.74) is 7.16. The van der Waals surface area contributed by atoms with E-state index in [2.05, 4.69) is 60.1 Å². The number of benzene rings is 2. The van der Waals surface area contributed by atoms with E-state index in [0.717, 1.165) is 16.9 Å². The molecule has 0 radical (unpaired) electrons. The van der Waals surface area contributed by atoms with Crippen molar-refractivity contribution in [3.05, 3.63) is 59.7 Å². The second-order valence-electron chi connectivity index (χ2n) is 6.18. The summed E-state index contributed by atoms with van der Waals surface area (Å²) in [5.74, 6) is 3.28. The molecule has 2 aromatic carbocycles. The lowest BCUT2D eigenvalue weighted by Gasteiger charge is -2.04. The fraction of sp³-hybridized carbons (Fsp3) is 0.211. The Labute approximate surface area is 133 Å². The molecule has 0 bridgehead atoms. The lowest BCUT2D eigenvalue weighted by Crippen LogP contribution is -2.16. The van der Waals surface area contributed by atoms with Crippen LogP contribution in [0.5, 0.6) is 0 Å². The van der Waals surface area contributed by atoms with Gasteiger partial charge in [0.2, 0.25) is 0 Å². The summed E-state index contributed by atoms with van der Waals surface area (Å²) in [5, 5.41) is 0. The Kier molecular flexibility index (Phi) is 5.11. The summed E-state index contributed by atoms with van der Waals surface area (Å²) < 4.78 is 0. The highest BCUT2D eigenvalue weighted by Gasteiger charge is 2.08. The topological polar surface area (TPSA) is 24.7 Å². The minimum atomic E-state index is -1.41. The van der Waals surface area contributed by atoms with Gasteiger partial charge in [-0.3, -0.25) is 0 Å². The average molecular weight is 304 g/mol. The Morgan fingerprint density at radius 3 is 2.32 bits per heavy atom. The van der Waals surface area contributed by atoms with Gasteiger partial charge in [0.15, 0.2) is 0 Å². The highest BCUT2D eigenvalue weighted by atomic mass is 28.3. The first-order valence-corrected chi connectivity index (χ1v) is 10.8. The monoisotopic (exact) mass is 304 g/mol. The van der Waals surface area contributed by atoms with Crippen molar-refractivity contribution in [3.8, 4) is 11.5 Å². The molecule has 0 fully saturated rings. The highest BCUT2D eigenvalue weighted by Crippen LogP contribution is 2.19. The van der Waals surface area contributed by atoms with E-state index in [1.807, 2.05) is 42.5 Å². The van der Waals surface area contributed by atoms with Crippen molar-refractivity contribution < 1.29 is 0 Å². The third-order valence-corrected chi connectivity index (χ3v) is 3.70. The SMILES string of the molecule is Cc1ccc(N=C=Nc2ccccc2)c(C#C[Si](C)(C)C)c1. The van der Waals surface area contributed by atoms with Gasteiger partial charge in [-0.05, 0) is 36.8 Å². The Bertz CT molecular complexity index is 769. The van der Waals surface area contributed by atoms with E-state index in [4.69, 9.17) is 0 Å². The normalized spacial score (nSPS) is 10.2. The van der Waals surface area contributed by atoms with Gasteiger partial charge >= 0.3 is 0 Å². The van der Waals surface area contributed by atoms with Crippen LogP contribution in [0.25, 0.3) is 0 Å². The standard InChI is InChI=1S/C19H20N2Si/c1-16-10-11-19(17(14-16)12-13-22(2,3)4)21-15-20-18-8-6-5-7-9-18/h5-11,14H,1-4H3. The van der Waals surface area contributed by atoms with Gasteiger partial charge in [-0.25, -0.2) is 0 Å². The molecule has 22 heavy (non-hydrogen) atoms. The summed E-state index contributed by atoms with van der Waals surface area (Å²) in [6.45, 7) is 8.76. The number of hydrogen-bond acceptors (Lipinski definition) is 2. The van der Waals surface area contributed by atoms with E-state index in [9.17, 15) is 0 Å². The summed E-state index contributed by atoms with van der Waals surface area (Å²) in [6.07, 6.45) is 0. The maximum absolute atomic E-state index is 4.34. The molecule has 0 heterocycles. The van der Waals surface area contributed by atoms with Crippen LogP contribution in [-0.4, -0.2) is 14.1 Å². The minimum Gasteiger partial charge on any atom is -0.188 e. The van der Waals surface area contributed by atoms with Gasteiger partial charge in [0.1, 0.15) is 14.1 Å². The van der Waals surface area contributed by atoms with Gasteiger partial charge in [-0.15, -0.1) is 5.54 Å². The molecule has 3 heteroatoms. The van der Waals surface area contributed by atoms with Gasteiger partial charge in [0, 0.05) is 0 Å². The van der Waals surface area contributed by atoms with Crippen molar-refractivity contribution in [2.24, 2.45) is 9.98 Å². The van der Waals surface area contributed by atoms with Crippen LogP contribution in [0, 0.1) is 18.4 Å². The van der Waals surface area contributed by atoms with Crippen LogP contribution in [0.3, 0.4) is 0 Å². The van der Waals surface area contributed by atoms with Crippen LogP contribution in [-0.2, 0) is 0 Å². The lowest BCUT2D eigenvalue weighted by atomic mass is 10.1. The molecule has 0 unspecified atom stereocenters. The van der Waals surface area contributed by atoms with Crippen LogP contribution in [0.15, 0.2) is 58.5 Å². The molecule has 0 aliphatic heterocycles. The molecule has 0 atom stereocenters. The summed E-state index contributed by atoms with van der Waals surface area (Å²) in [6, 6.07) is 18.5.